The van der Waals surface area contributed by atoms with E-state index >= 15 is 0 Å². The van der Waals surface area contributed by atoms with Crippen molar-refractivity contribution < 1.29 is 14.6 Å². The molecule has 0 amide bonds. The second-order valence-electron chi connectivity index (χ2n) is 3.43. The summed E-state index contributed by atoms with van der Waals surface area (Å²) in [5, 5.41) is 9.72. The van der Waals surface area contributed by atoms with Crippen molar-refractivity contribution in [2.45, 2.75) is 20.0 Å². The number of nitrogens with zero attached hydrogens (tertiary/aromatic N) is 1. The van der Waals surface area contributed by atoms with Gasteiger partial charge in [0, 0.05) is 0 Å². The molecule has 16 heavy (non-hydrogen) atoms. The molecule has 1 atom stereocenters. The van der Waals surface area contributed by atoms with E-state index in [0.29, 0.717) is 5.75 Å². The average Bonchev–Trinajstić information content (AvgIpc) is 2.59. The molecule has 0 spiro atoms. The molecule has 2 rings (SSSR count). The summed E-state index contributed by atoms with van der Waals surface area (Å²) in [7, 11) is 0. The van der Waals surface area contributed by atoms with Crippen molar-refractivity contribution in [2.24, 2.45) is 0 Å². The molecule has 1 heterocycles. The number of carbonyl (C=O) groups is 1. The first-order valence-electron chi connectivity index (χ1n) is 4.83. The first-order valence-corrected chi connectivity index (χ1v) is 5.65. The highest BCUT2D eigenvalue weighted by molar-refractivity contribution is 7.18. The van der Waals surface area contributed by atoms with Crippen LogP contribution in [0.2, 0.25) is 0 Å². The van der Waals surface area contributed by atoms with E-state index in [9.17, 15) is 4.79 Å². The van der Waals surface area contributed by atoms with Crippen LogP contribution in [0.15, 0.2) is 18.2 Å². The lowest BCUT2D eigenvalue weighted by molar-refractivity contribution is -0.144. The average molecular weight is 237 g/mol. The van der Waals surface area contributed by atoms with E-state index in [4.69, 9.17) is 9.84 Å². The number of benzene rings is 1. The number of aliphatic carboxylic acids is 1. The molecule has 2 aromatic rings. The lowest BCUT2D eigenvalue weighted by Gasteiger charge is -2.10. The molecule has 0 saturated carbocycles. The van der Waals surface area contributed by atoms with Gasteiger partial charge in [-0.1, -0.05) is 6.07 Å². The summed E-state index contributed by atoms with van der Waals surface area (Å²) in [6.07, 6.45) is -0.868. The second-order valence-corrected chi connectivity index (χ2v) is 4.67. The van der Waals surface area contributed by atoms with Crippen LogP contribution in [0.1, 0.15) is 11.9 Å². The normalized spacial score (nSPS) is 12.6. The van der Waals surface area contributed by atoms with Gasteiger partial charge in [-0.15, -0.1) is 11.3 Å². The van der Waals surface area contributed by atoms with Crippen molar-refractivity contribution >= 4 is 27.5 Å². The summed E-state index contributed by atoms with van der Waals surface area (Å²) in [6, 6.07) is 5.52. The number of aromatic nitrogens is 1. The largest absolute Gasteiger partial charge is 0.479 e. The van der Waals surface area contributed by atoms with Gasteiger partial charge in [-0.2, -0.15) is 0 Å². The Bertz CT molecular complexity index is 535. The Morgan fingerprint density at radius 1 is 1.56 bits per heavy atom. The summed E-state index contributed by atoms with van der Waals surface area (Å²) >= 11 is 1.56. The molecule has 4 nitrogen and oxygen atoms in total. The SMILES string of the molecule is Cc1nc2c(OC(C)C(=O)O)cccc2s1. The number of hydrogen-bond acceptors (Lipinski definition) is 4. The first kappa shape index (κ1) is 10.9. The predicted octanol–water partition coefficient (Wildman–Crippen LogP) is 2.46. The Labute approximate surface area is 96.5 Å². The number of thiazole rings is 1. The highest BCUT2D eigenvalue weighted by Gasteiger charge is 2.15. The molecule has 0 aliphatic carbocycles. The third-order valence-corrected chi connectivity index (χ3v) is 3.08. The van der Waals surface area contributed by atoms with Crippen LogP contribution < -0.4 is 4.74 Å². The zero-order chi connectivity index (χ0) is 11.7. The topological polar surface area (TPSA) is 59.4 Å². The van der Waals surface area contributed by atoms with Crippen molar-refractivity contribution in [3.8, 4) is 5.75 Å². The van der Waals surface area contributed by atoms with Gasteiger partial charge in [0.2, 0.25) is 0 Å². The third kappa shape index (κ3) is 1.99. The zero-order valence-electron chi connectivity index (χ0n) is 8.93. The third-order valence-electron chi connectivity index (χ3n) is 2.14. The van der Waals surface area contributed by atoms with Gasteiger partial charge in [-0.3, -0.25) is 0 Å². The van der Waals surface area contributed by atoms with Gasteiger partial charge in [0.1, 0.15) is 11.3 Å². The quantitative estimate of drug-likeness (QED) is 0.890. The van der Waals surface area contributed by atoms with Crippen molar-refractivity contribution in [3.63, 3.8) is 0 Å². The smallest absolute Gasteiger partial charge is 0.344 e. The Morgan fingerprint density at radius 3 is 3.00 bits per heavy atom. The van der Waals surface area contributed by atoms with E-state index in [1.165, 1.54) is 6.92 Å². The van der Waals surface area contributed by atoms with Crippen LogP contribution in [0.4, 0.5) is 0 Å². The Balaban J connectivity index is 2.40. The highest BCUT2D eigenvalue weighted by Crippen LogP contribution is 2.29. The van der Waals surface area contributed by atoms with Crippen LogP contribution >= 0.6 is 11.3 Å². The monoisotopic (exact) mass is 237 g/mol. The van der Waals surface area contributed by atoms with Gasteiger partial charge >= 0.3 is 5.97 Å². The van der Waals surface area contributed by atoms with Gasteiger partial charge in [-0.05, 0) is 26.0 Å². The van der Waals surface area contributed by atoms with E-state index in [-0.39, 0.29) is 0 Å². The van der Waals surface area contributed by atoms with E-state index < -0.39 is 12.1 Å². The van der Waals surface area contributed by atoms with Gasteiger partial charge in [0.05, 0.1) is 9.71 Å². The number of aryl methyl sites for hydroxylation is 1. The molecule has 1 aromatic heterocycles. The molecule has 0 aliphatic rings. The van der Waals surface area contributed by atoms with E-state index in [2.05, 4.69) is 4.98 Å². The van der Waals surface area contributed by atoms with Crippen molar-refractivity contribution in [1.29, 1.82) is 0 Å². The molecule has 5 heteroatoms. The van der Waals surface area contributed by atoms with E-state index in [0.717, 1.165) is 15.2 Å². The molecule has 1 unspecified atom stereocenters. The van der Waals surface area contributed by atoms with Crippen LogP contribution in [-0.4, -0.2) is 22.2 Å². The van der Waals surface area contributed by atoms with Gasteiger partial charge < -0.3 is 9.84 Å². The Kier molecular flexibility index (Phi) is 2.78. The molecule has 0 fully saturated rings. The minimum absolute atomic E-state index is 0.525. The lowest BCUT2D eigenvalue weighted by atomic mass is 10.3. The number of ether oxygens (including phenoxy) is 1. The molecule has 0 aliphatic heterocycles. The van der Waals surface area contributed by atoms with Crippen LogP contribution in [-0.2, 0) is 4.79 Å². The summed E-state index contributed by atoms with van der Waals surface area (Å²) in [5.74, 6) is -0.458. The number of fused-ring (bicyclic) bond motifs is 1. The number of rotatable bonds is 3. The van der Waals surface area contributed by atoms with Crippen LogP contribution in [0.5, 0.6) is 5.75 Å². The lowest BCUT2D eigenvalue weighted by Crippen LogP contribution is -2.22. The van der Waals surface area contributed by atoms with Gasteiger partial charge in [0.15, 0.2) is 6.10 Å². The minimum Gasteiger partial charge on any atom is -0.479 e. The minimum atomic E-state index is -0.982. The number of carboxylic acids is 1. The number of hydrogen-bond donors (Lipinski definition) is 1. The highest BCUT2D eigenvalue weighted by atomic mass is 32.1. The van der Waals surface area contributed by atoms with Crippen molar-refractivity contribution in [3.05, 3.63) is 23.2 Å². The number of carboxylic acid groups (broad SMARTS) is 1. The molecule has 1 N–H and O–H groups in total. The zero-order valence-corrected chi connectivity index (χ0v) is 9.75. The number of para-hydroxylation sites is 1. The van der Waals surface area contributed by atoms with Crippen molar-refractivity contribution in [2.75, 3.05) is 0 Å². The van der Waals surface area contributed by atoms with E-state index in [1.54, 1.807) is 17.4 Å². The van der Waals surface area contributed by atoms with Crippen LogP contribution in [0.3, 0.4) is 0 Å². The summed E-state index contributed by atoms with van der Waals surface area (Å²) in [6.45, 7) is 3.41. The predicted molar refractivity (Wildman–Crippen MR) is 62.1 cm³/mol. The Hall–Kier alpha value is -1.62. The first-order chi connectivity index (χ1) is 7.58. The maximum atomic E-state index is 10.7. The molecule has 0 saturated heterocycles. The summed E-state index contributed by atoms with van der Waals surface area (Å²) < 4.78 is 6.35. The van der Waals surface area contributed by atoms with Gasteiger partial charge in [-0.25, -0.2) is 9.78 Å². The standard InChI is InChI=1S/C11H11NO3S/c1-6(11(13)14)15-8-4-3-5-9-10(8)12-7(2)16-9/h3-6H,1-2H3,(H,13,14). The van der Waals surface area contributed by atoms with Crippen molar-refractivity contribution in [1.82, 2.24) is 4.98 Å². The fourth-order valence-corrected chi connectivity index (χ4v) is 2.21. The Morgan fingerprint density at radius 2 is 2.31 bits per heavy atom. The molecule has 84 valence electrons. The second kappa shape index (κ2) is 4.09. The molecule has 0 radical (unpaired) electrons. The molecular formula is C11H11NO3S. The maximum absolute atomic E-state index is 10.7. The summed E-state index contributed by atoms with van der Waals surface area (Å²) in [5.41, 5.74) is 0.734. The molecule has 0 bridgehead atoms. The van der Waals surface area contributed by atoms with Crippen LogP contribution in [0, 0.1) is 6.92 Å². The molecular weight excluding hydrogens is 226 g/mol. The maximum Gasteiger partial charge on any atom is 0.344 e. The fraction of sp³-hybridized carbons (Fsp3) is 0.273. The van der Waals surface area contributed by atoms with Gasteiger partial charge in [0.25, 0.3) is 0 Å². The molecule has 1 aromatic carbocycles. The van der Waals surface area contributed by atoms with Crippen LogP contribution in [0.25, 0.3) is 10.2 Å². The van der Waals surface area contributed by atoms with E-state index in [1.807, 2.05) is 19.1 Å². The summed E-state index contributed by atoms with van der Waals surface area (Å²) in [4.78, 5) is 15.0. The fourth-order valence-electron chi connectivity index (χ4n) is 1.37.